The SMILES string of the molecule is CCN1C(=CC=Cc2oc3ccc(-c4ccccc4)cc3[n+]2CC)N(CCCCS(=O)(=O)O)c2cc(Cl)c(Cl)cc21. The van der Waals surface area contributed by atoms with E-state index in [9.17, 15) is 8.42 Å². The molecule has 0 atom stereocenters. The molecule has 3 aromatic carbocycles. The molecule has 0 unspecified atom stereocenters. The van der Waals surface area contributed by atoms with Gasteiger partial charge in [-0.2, -0.15) is 13.0 Å². The van der Waals surface area contributed by atoms with Gasteiger partial charge >= 0.3 is 5.89 Å². The predicted octanol–water partition coefficient (Wildman–Crippen LogP) is 7.58. The molecule has 1 aromatic heterocycles. The summed E-state index contributed by atoms with van der Waals surface area (Å²) in [6, 6.07) is 20.2. The minimum atomic E-state index is -4.01. The number of nitrogens with zero attached hydrogens (tertiary/aromatic N) is 3. The molecule has 0 aliphatic carbocycles. The third-order valence-corrected chi connectivity index (χ3v) is 8.67. The van der Waals surface area contributed by atoms with Crippen molar-refractivity contribution in [3.63, 3.8) is 0 Å². The van der Waals surface area contributed by atoms with Crippen molar-refractivity contribution < 1.29 is 22.0 Å². The summed E-state index contributed by atoms with van der Waals surface area (Å²) < 4.78 is 40.0. The van der Waals surface area contributed by atoms with E-state index in [1.54, 1.807) is 0 Å². The van der Waals surface area contributed by atoms with Crippen molar-refractivity contribution in [1.29, 1.82) is 0 Å². The van der Waals surface area contributed by atoms with E-state index in [4.69, 9.17) is 32.2 Å². The number of fused-ring (bicyclic) bond motifs is 2. The van der Waals surface area contributed by atoms with Gasteiger partial charge < -0.3 is 14.2 Å². The zero-order valence-corrected chi connectivity index (χ0v) is 25.3. The summed E-state index contributed by atoms with van der Waals surface area (Å²) >= 11 is 12.8. The van der Waals surface area contributed by atoms with Gasteiger partial charge in [0.1, 0.15) is 12.4 Å². The third-order valence-electron chi connectivity index (χ3n) is 7.14. The van der Waals surface area contributed by atoms with Crippen LogP contribution >= 0.6 is 23.2 Å². The van der Waals surface area contributed by atoms with E-state index in [1.165, 1.54) is 0 Å². The number of aromatic nitrogens is 1. The molecule has 1 aliphatic rings. The van der Waals surface area contributed by atoms with Crippen LogP contribution in [0.5, 0.6) is 0 Å². The Morgan fingerprint density at radius 3 is 2.29 bits per heavy atom. The Labute approximate surface area is 250 Å². The van der Waals surface area contributed by atoms with Crippen molar-refractivity contribution in [2.24, 2.45) is 0 Å². The fourth-order valence-electron chi connectivity index (χ4n) is 5.23. The first-order chi connectivity index (χ1) is 19.7. The van der Waals surface area contributed by atoms with Crippen LogP contribution in [0, 0.1) is 0 Å². The lowest BCUT2D eigenvalue weighted by atomic mass is 10.1. The highest BCUT2D eigenvalue weighted by Crippen LogP contribution is 2.45. The second-order valence-electron chi connectivity index (χ2n) is 9.76. The highest BCUT2D eigenvalue weighted by Gasteiger charge is 2.31. The number of benzene rings is 3. The molecular weight excluding hydrogens is 581 g/mol. The van der Waals surface area contributed by atoms with Gasteiger partial charge in [0.05, 0.1) is 33.2 Å². The molecule has 0 saturated heterocycles. The van der Waals surface area contributed by atoms with Crippen LogP contribution in [0.4, 0.5) is 11.4 Å². The Kier molecular flexibility index (Phi) is 8.75. The van der Waals surface area contributed by atoms with Gasteiger partial charge in [-0.3, -0.25) is 4.55 Å². The number of hydrogen-bond donors (Lipinski definition) is 1. The molecule has 1 N–H and O–H groups in total. The monoisotopic (exact) mass is 612 g/mol. The standard InChI is InChI=1S/C31H31Cl2N3O4S/c1-3-34-26-20-24(32)25(33)21-27(26)36(17-8-9-18-41(37,38)39)30(34)13-10-14-31-35(4-2)28-19-23(15-16-29(28)40-31)22-11-6-5-7-12-22/h5-7,10-16,19-21H,3-4,8-9,17-18H2,1-2H3/p+1. The van der Waals surface area contributed by atoms with Gasteiger partial charge in [0.25, 0.3) is 15.6 Å². The summed E-state index contributed by atoms with van der Waals surface area (Å²) in [4.78, 5) is 4.25. The van der Waals surface area contributed by atoms with Gasteiger partial charge in [-0.1, -0.05) is 59.6 Å². The van der Waals surface area contributed by atoms with Crippen molar-refractivity contribution >= 4 is 61.9 Å². The van der Waals surface area contributed by atoms with E-state index < -0.39 is 10.1 Å². The second-order valence-corrected chi connectivity index (χ2v) is 12.1. The summed E-state index contributed by atoms with van der Waals surface area (Å²) in [6.45, 7) is 6.12. The molecular formula is C31H32Cl2N3O4S+. The first-order valence-corrected chi connectivity index (χ1v) is 16.0. The fraction of sp³-hybridized carbons (Fsp3) is 0.258. The summed E-state index contributed by atoms with van der Waals surface area (Å²) in [5.41, 5.74) is 5.94. The molecule has 0 fully saturated rings. The first-order valence-electron chi connectivity index (χ1n) is 13.6. The van der Waals surface area contributed by atoms with Crippen LogP contribution in [-0.2, 0) is 16.7 Å². The quantitative estimate of drug-likeness (QED) is 0.113. The number of oxazole rings is 1. The van der Waals surface area contributed by atoms with E-state index in [1.807, 2.05) is 54.6 Å². The molecule has 10 heteroatoms. The number of halogens is 2. The molecule has 4 aromatic rings. The summed E-state index contributed by atoms with van der Waals surface area (Å²) in [5.74, 6) is 1.36. The van der Waals surface area contributed by atoms with Gasteiger partial charge in [0, 0.05) is 19.2 Å². The van der Waals surface area contributed by atoms with Crippen molar-refractivity contribution in [1.82, 2.24) is 0 Å². The van der Waals surface area contributed by atoms with Crippen LogP contribution in [0.3, 0.4) is 0 Å². The van der Waals surface area contributed by atoms with Crippen LogP contribution in [0.15, 0.2) is 83.1 Å². The fourth-order valence-corrected chi connectivity index (χ4v) is 6.12. The topological polar surface area (TPSA) is 77.9 Å². The van der Waals surface area contributed by atoms with Crippen molar-refractivity contribution in [2.75, 3.05) is 28.6 Å². The number of rotatable bonds is 10. The molecule has 214 valence electrons. The molecule has 5 rings (SSSR count). The molecule has 0 saturated carbocycles. The van der Waals surface area contributed by atoms with Crippen molar-refractivity contribution in [3.05, 3.63) is 94.6 Å². The average Bonchev–Trinajstić information content (AvgIpc) is 3.44. The van der Waals surface area contributed by atoms with E-state index in [0.29, 0.717) is 36.0 Å². The Bertz CT molecular complexity index is 1730. The molecule has 1 aliphatic heterocycles. The maximum atomic E-state index is 11.2. The zero-order valence-electron chi connectivity index (χ0n) is 22.9. The number of anilines is 2. The van der Waals surface area contributed by atoms with E-state index in [0.717, 1.165) is 51.9 Å². The predicted molar refractivity (Wildman–Crippen MR) is 167 cm³/mol. The van der Waals surface area contributed by atoms with Gasteiger partial charge in [0.15, 0.2) is 0 Å². The Balaban J connectivity index is 1.47. The third kappa shape index (κ3) is 6.31. The molecule has 0 radical (unpaired) electrons. The zero-order chi connectivity index (χ0) is 29.1. The maximum Gasteiger partial charge on any atom is 0.374 e. The summed E-state index contributed by atoms with van der Waals surface area (Å²) in [6.07, 6.45) is 6.81. The minimum Gasteiger partial charge on any atom is -0.398 e. The Morgan fingerprint density at radius 2 is 1.63 bits per heavy atom. The lowest BCUT2D eigenvalue weighted by molar-refractivity contribution is -0.674. The molecule has 41 heavy (non-hydrogen) atoms. The lowest BCUT2D eigenvalue weighted by Gasteiger charge is -2.24. The maximum absolute atomic E-state index is 11.2. The van der Waals surface area contributed by atoms with Crippen LogP contribution < -0.4 is 14.4 Å². The summed E-state index contributed by atoms with van der Waals surface area (Å²) in [7, 11) is -4.01. The van der Waals surface area contributed by atoms with Crippen molar-refractivity contribution in [2.45, 2.75) is 33.2 Å². The Morgan fingerprint density at radius 1 is 0.927 bits per heavy atom. The van der Waals surface area contributed by atoms with E-state index in [2.05, 4.69) is 52.5 Å². The second kappa shape index (κ2) is 12.3. The van der Waals surface area contributed by atoms with Crippen molar-refractivity contribution in [3.8, 4) is 11.1 Å². The molecule has 2 heterocycles. The lowest BCUT2D eigenvalue weighted by Crippen LogP contribution is -2.33. The molecule has 7 nitrogen and oxygen atoms in total. The first kappa shape index (κ1) is 29.2. The smallest absolute Gasteiger partial charge is 0.374 e. The molecule has 0 bridgehead atoms. The number of aryl methyl sites for hydroxylation is 1. The van der Waals surface area contributed by atoms with Crippen LogP contribution in [0.2, 0.25) is 10.0 Å². The average molecular weight is 614 g/mol. The Hall–Kier alpha value is -3.30. The van der Waals surface area contributed by atoms with Crippen LogP contribution in [-0.4, -0.2) is 31.8 Å². The number of allylic oxidation sites excluding steroid dienone is 2. The highest BCUT2D eigenvalue weighted by atomic mass is 35.5. The van der Waals surface area contributed by atoms with Gasteiger partial charge in [-0.25, -0.2) is 0 Å². The van der Waals surface area contributed by atoms with Gasteiger partial charge in [-0.05, 0) is 68.2 Å². The van der Waals surface area contributed by atoms with E-state index >= 15 is 0 Å². The summed E-state index contributed by atoms with van der Waals surface area (Å²) in [5, 5.41) is 0.912. The van der Waals surface area contributed by atoms with Crippen LogP contribution in [0.25, 0.3) is 28.3 Å². The minimum absolute atomic E-state index is 0.277. The van der Waals surface area contributed by atoms with Crippen LogP contribution in [0.1, 0.15) is 32.6 Å². The van der Waals surface area contributed by atoms with Gasteiger partial charge in [-0.15, -0.1) is 0 Å². The molecule has 0 spiro atoms. The van der Waals surface area contributed by atoms with E-state index in [-0.39, 0.29) is 5.75 Å². The number of hydrogen-bond acceptors (Lipinski definition) is 5. The highest BCUT2D eigenvalue weighted by molar-refractivity contribution is 7.85. The van der Waals surface area contributed by atoms with Gasteiger partial charge in [0.2, 0.25) is 5.58 Å². The molecule has 0 amide bonds. The normalized spacial score (nSPS) is 14.6. The number of unbranched alkanes of at least 4 members (excludes halogenated alkanes) is 1. The largest absolute Gasteiger partial charge is 0.398 e.